The van der Waals surface area contributed by atoms with Gasteiger partial charge in [-0.05, 0) is 35.7 Å². The third-order valence-corrected chi connectivity index (χ3v) is 5.71. The Hall–Kier alpha value is -2.52. The highest BCUT2D eigenvalue weighted by Crippen LogP contribution is 2.27. The molecule has 1 amide bonds. The number of rotatable bonds is 6. The van der Waals surface area contributed by atoms with Gasteiger partial charge in [0.2, 0.25) is 0 Å². The molecule has 1 saturated carbocycles. The summed E-state index contributed by atoms with van der Waals surface area (Å²) in [7, 11) is 0. The van der Waals surface area contributed by atoms with Crippen molar-refractivity contribution in [2.75, 3.05) is 12.4 Å². The number of amides is 1. The SMILES string of the molecule is N#CC1(NC(=O)COC(=O)CSc2ccc3ccccc3c2)CCCCC1. The van der Waals surface area contributed by atoms with Gasteiger partial charge in [0, 0.05) is 4.90 Å². The predicted octanol–water partition coefficient (Wildman–Crippen LogP) is 3.82. The van der Waals surface area contributed by atoms with Gasteiger partial charge in [-0.25, -0.2) is 0 Å². The van der Waals surface area contributed by atoms with E-state index >= 15 is 0 Å². The monoisotopic (exact) mass is 382 g/mol. The zero-order valence-electron chi connectivity index (χ0n) is 15.1. The van der Waals surface area contributed by atoms with Crippen LogP contribution in [0.25, 0.3) is 10.8 Å². The molecule has 1 fully saturated rings. The van der Waals surface area contributed by atoms with E-state index < -0.39 is 17.4 Å². The summed E-state index contributed by atoms with van der Waals surface area (Å²) in [5.74, 6) is -0.727. The van der Waals surface area contributed by atoms with Crippen molar-refractivity contribution < 1.29 is 14.3 Å². The van der Waals surface area contributed by atoms with Crippen LogP contribution < -0.4 is 5.32 Å². The first-order chi connectivity index (χ1) is 13.1. The number of esters is 1. The van der Waals surface area contributed by atoms with E-state index in [-0.39, 0.29) is 12.4 Å². The number of fused-ring (bicyclic) bond motifs is 1. The standard InChI is InChI=1S/C21H22N2O3S/c22-15-21(10-4-1-5-11-21)23-19(24)13-26-20(25)14-27-18-9-8-16-6-2-3-7-17(16)12-18/h2-3,6-9,12H,1,4-5,10-11,13-14H2,(H,23,24). The van der Waals surface area contributed by atoms with E-state index in [4.69, 9.17) is 4.74 Å². The van der Waals surface area contributed by atoms with Gasteiger partial charge >= 0.3 is 5.97 Å². The highest BCUT2D eigenvalue weighted by Gasteiger charge is 2.33. The highest BCUT2D eigenvalue weighted by molar-refractivity contribution is 8.00. The summed E-state index contributed by atoms with van der Waals surface area (Å²) < 4.78 is 5.06. The molecule has 0 heterocycles. The Bertz CT molecular complexity index is 869. The molecule has 27 heavy (non-hydrogen) atoms. The van der Waals surface area contributed by atoms with Crippen molar-refractivity contribution in [3.63, 3.8) is 0 Å². The minimum atomic E-state index is -0.804. The molecule has 0 spiro atoms. The van der Waals surface area contributed by atoms with Crippen molar-refractivity contribution in [1.82, 2.24) is 5.32 Å². The van der Waals surface area contributed by atoms with Gasteiger partial charge in [0.05, 0.1) is 11.8 Å². The maximum Gasteiger partial charge on any atom is 0.316 e. The summed E-state index contributed by atoms with van der Waals surface area (Å²) in [5, 5.41) is 14.4. The molecule has 1 N–H and O–H groups in total. The van der Waals surface area contributed by atoms with Crippen LogP contribution in [0.2, 0.25) is 0 Å². The molecular formula is C21H22N2O3S. The predicted molar refractivity (Wildman–Crippen MR) is 105 cm³/mol. The van der Waals surface area contributed by atoms with Crippen molar-refractivity contribution >= 4 is 34.4 Å². The number of hydrogen-bond acceptors (Lipinski definition) is 5. The van der Waals surface area contributed by atoms with Crippen LogP contribution in [-0.2, 0) is 14.3 Å². The van der Waals surface area contributed by atoms with Gasteiger partial charge in [-0.1, -0.05) is 49.6 Å². The second-order valence-corrected chi connectivity index (χ2v) is 7.81. The van der Waals surface area contributed by atoms with Crippen LogP contribution >= 0.6 is 11.8 Å². The van der Waals surface area contributed by atoms with Gasteiger partial charge in [0.1, 0.15) is 5.54 Å². The molecule has 140 valence electrons. The number of nitriles is 1. The lowest BCUT2D eigenvalue weighted by Crippen LogP contribution is -2.50. The number of ether oxygens (including phenoxy) is 1. The molecule has 2 aromatic carbocycles. The van der Waals surface area contributed by atoms with Crippen LogP contribution in [0.1, 0.15) is 32.1 Å². The molecule has 0 atom stereocenters. The number of thioether (sulfide) groups is 1. The number of nitrogens with zero attached hydrogens (tertiary/aromatic N) is 1. The Morgan fingerprint density at radius 1 is 1.11 bits per heavy atom. The van der Waals surface area contributed by atoms with Crippen LogP contribution in [-0.4, -0.2) is 29.8 Å². The van der Waals surface area contributed by atoms with Crippen LogP contribution in [0.5, 0.6) is 0 Å². The van der Waals surface area contributed by atoms with E-state index in [0.29, 0.717) is 12.8 Å². The summed E-state index contributed by atoms with van der Waals surface area (Å²) in [4.78, 5) is 25.0. The average Bonchev–Trinajstić information content (AvgIpc) is 2.71. The smallest absolute Gasteiger partial charge is 0.316 e. The first kappa shape index (κ1) is 19.2. The van der Waals surface area contributed by atoms with Gasteiger partial charge < -0.3 is 10.1 Å². The van der Waals surface area contributed by atoms with E-state index in [0.717, 1.165) is 34.9 Å². The Morgan fingerprint density at radius 2 is 1.85 bits per heavy atom. The Balaban J connectivity index is 1.45. The largest absolute Gasteiger partial charge is 0.455 e. The molecule has 5 nitrogen and oxygen atoms in total. The quantitative estimate of drug-likeness (QED) is 0.607. The number of benzene rings is 2. The molecule has 2 aromatic rings. The molecule has 1 aliphatic rings. The molecular weight excluding hydrogens is 360 g/mol. The normalized spacial score (nSPS) is 15.7. The molecule has 0 saturated heterocycles. The maximum absolute atomic E-state index is 12.1. The first-order valence-corrected chi connectivity index (χ1v) is 10.1. The third kappa shape index (κ3) is 5.24. The first-order valence-electron chi connectivity index (χ1n) is 9.10. The topological polar surface area (TPSA) is 79.2 Å². The molecule has 0 radical (unpaired) electrons. The van der Waals surface area contributed by atoms with Gasteiger partial charge in [-0.3, -0.25) is 9.59 Å². The zero-order chi connectivity index (χ0) is 19.1. The van der Waals surface area contributed by atoms with E-state index in [1.807, 2.05) is 42.5 Å². The fourth-order valence-corrected chi connectivity index (χ4v) is 4.05. The maximum atomic E-state index is 12.1. The lowest BCUT2D eigenvalue weighted by atomic mass is 9.83. The summed E-state index contributed by atoms with van der Waals surface area (Å²) in [5.41, 5.74) is -0.804. The fraction of sp³-hybridized carbons (Fsp3) is 0.381. The van der Waals surface area contributed by atoms with Crippen molar-refractivity contribution in [2.45, 2.75) is 42.5 Å². The van der Waals surface area contributed by atoms with Crippen molar-refractivity contribution in [1.29, 1.82) is 5.26 Å². The van der Waals surface area contributed by atoms with Gasteiger partial charge in [0.25, 0.3) is 5.91 Å². The Kier molecular flexibility index (Phi) is 6.36. The number of nitrogens with one attached hydrogen (secondary N) is 1. The van der Waals surface area contributed by atoms with Crippen molar-refractivity contribution in [3.8, 4) is 6.07 Å². The second-order valence-electron chi connectivity index (χ2n) is 6.76. The molecule has 3 rings (SSSR count). The summed E-state index contributed by atoms with van der Waals surface area (Å²) >= 11 is 1.38. The number of carbonyl (C=O) groups is 2. The fourth-order valence-electron chi connectivity index (χ4n) is 3.31. The third-order valence-electron chi connectivity index (χ3n) is 4.74. The zero-order valence-corrected chi connectivity index (χ0v) is 15.9. The van der Waals surface area contributed by atoms with Gasteiger partial charge in [0.15, 0.2) is 6.61 Å². The molecule has 0 aliphatic heterocycles. The Morgan fingerprint density at radius 3 is 2.59 bits per heavy atom. The summed E-state index contributed by atoms with van der Waals surface area (Å²) in [6.07, 6.45) is 4.24. The highest BCUT2D eigenvalue weighted by atomic mass is 32.2. The Labute approximate surface area is 163 Å². The van der Waals surface area contributed by atoms with E-state index in [1.165, 1.54) is 11.8 Å². The van der Waals surface area contributed by atoms with Crippen LogP contribution in [0.15, 0.2) is 47.4 Å². The molecule has 0 bridgehead atoms. The van der Waals surface area contributed by atoms with E-state index in [1.54, 1.807) is 0 Å². The average molecular weight is 382 g/mol. The molecule has 6 heteroatoms. The summed E-state index contributed by atoms with van der Waals surface area (Å²) in [6, 6.07) is 16.3. The van der Waals surface area contributed by atoms with Crippen LogP contribution in [0, 0.1) is 11.3 Å². The van der Waals surface area contributed by atoms with E-state index in [2.05, 4.69) is 11.4 Å². The minimum absolute atomic E-state index is 0.134. The van der Waals surface area contributed by atoms with Crippen LogP contribution in [0.3, 0.4) is 0 Å². The molecule has 0 aromatic heterocycles. The lowest BCUT2D eigenvalue weighted by Gasteiger charge is -2.31. The van der Waals surface area contributed by atoms with E-state index in [9.17, 15) is 14.9 Å². The van der Waals surface area contributed by atoms with Crippen molar-refractivity contribution in [2.24, 2.45) is 0 Å². The number of carbonyl (C=O) groups excluding carboxylic acids is 2. The lowest BCUT2D eigenvalue weighted by molar-refractivity contribution is -0.146. The second kappa shape index (κ2) is 8.92. The van der Waals surface area contributed by atoms with Crippen molar-refractivity contribution in [3.05, 3.63) is 42.5 Å². The molecule has 0 unspecified atom stereocenters. The number of hydrogen-bond donors (Lipinski definition) is 1. The van der Waals surface area contributed by atoms with Gasteiger partial charge in [-0.2, -0.15) is 5.26 Å². The minimum Gasteiger partial charge on any atom is -0.455 e. The van der Waals surface area contributed by atoms with Crippen LogP contribution in [0.4, 0.5) is 0 Å². The molecule has 1 aliphatic carbocycles. The van der Waals surface area contributed by atoms with Gasteiger partial charge in [-0.15, -0.1) is 11.8 Å². The summed E-state index contributed by atoms with van der Waals surface area (Å²) in [6.45, 7) is -0.347.